The second-order valence-corrected chi connectivity index (χ2v) is 8.59. The van der Waals surface area contributed by atoms with E-state index in [1.807, 2.05) is 25.7 Å². The highest BCUT2D eigenvalue weighted by molar-refractivity contribution is 5.68. The fourth-order valence-corrected chi connectivity index (χ4v) is 3.82. The van der Waals surface area contributed by atoms with E-state index >= 15 is 0 Å². The Kier molecular flexibility index (Phi) is 6.75. The second kappa shape index (κ2) is 8.36. The predicted molar refractivity (Wildman–Crippen MR) is 94.5 cm³/mol. The van der Waals surface area contributed by atoms with Gasteiger partial charge in [-0.1, -0.05) is 26.2 Å². The summed E-state index contributed by atoms with van der Waals surface area (Å²) in [4.78, 5) is 13.9. The molecule has 134 valence electrons. The van der Waals surface area contributed by atoms with Crippen LogP contribution in [0.5, 0.6) is 0 Å². The maximum absolute atomic E-state index is 12.1. The van der Waals surface area contributed by atoms with Crippen molar-refractivity contribution in [3.05, 3.63) is 0 Å². The molecule has 0 aromatic rings. The van der Waals surface area contributed by atoms with Crippen LogP contribution in [0.15, 0.2) is 0 Å². The molecule has 1 amide bonds. The Labute approximate surface area is 142 Å². The van der Waals surface area contributed by atoms with E-state index in [1.54, 1.807) is 0 Å². The monoisotopic (exact) mass is 324 g/mol. The zero-order chi connectivity index (χ0) is 16.9. The lowest BCUT2D eigenvalue weighted by Crippen LogP contribution is -2.43. The SMILES string of the molecule is CC1CCCCC1CNCC1CCN(C(=O)OC(C)(C)C)CC1. The Hall–Kier alpha value is -0.770. The maximum atomic E-state index is 12.1. The molecule has 23 heavy (non-hydrogen) atoms. The standard InChI is InChI=1S/C19H36N2O2/c1-15-7-5-6-8-17(15)14-20-13-16-9-11-21(12-10-16)18(22)23-19(2,3)4/h15-17,20H,5-14H2,1-4H3. The molecule has 0 aromatic heterocycles. The average molecular weight is 325 g/mol. The van der Waals surface area contributed by atoms with Crippen LogP contribution in [0.25, 0.3) is 0 Å². The lowest BCUT2D eigenvalue weighted by atomic mass is 9.80. The van der Waals surface area contributed by atoms with Crippen molar-refractivity contribution in [1.82, 2.24) is 10.2 Å². The van der Waals surface area contributed by atoms with Gasteiger partial charge in [0.2, 0.25) is 0 Å². The third-order valence-corrected chi connectivity index (χ3v) is 5.39. The molecule has 2 atom stereocenters. The Morgan fingerprint density at radius 1 is 1.09 bits per heavy atom. The van der Waals surface area contributed by atoms with E-state index in [4.69, 9.17) is 4.74 Å². The van der Waals surface area contributed by atoms with Crippen molar-refractivity contribution in [3.63, 3.8) is 0 Å². The van der Waals surface area contributed by atoms with E-state index in [0.717, 1.165) is 44.3 Å². The van der Waals surface area contributed by atoms with Crippen LogP contribution >= 0.6 is 0 Å². The Morgan fingerprint density at radius 3 is 2.35 bits per heavy atom. The molecule has 0 radical (unpaired) electrons. The third-order valence-electron chi connectivity index (χ3n) is 5.39. The molecule has 4 nitrogen and oxygen atoms in total. The number of hydrogen-bond donors (Lipinski definition) is 1. The van der Waals surface area contributed by atoms with Gasteiger partial charge < -0.3 is 15.0 Å². The van der Waals surface area contributed by atoms with E-state index in [2.05, 4.69) is 12.2 Å². The molecule has 0 bridgehead atoms. The van der Waals surface area contributed by atoms with E-state index in [9.17, 15) is 4.79 Å². The third kappa shape index (κ3) is 6.33. The van der Waals surface area contributed by atoms with Crippen molar-refractivity contribution < 1.29 is 9.53 Å². The topological polar surface area (TPSA) is 41.6 Å². The molecule has 2 unspecified atom stereocenters. The first-order valence-electron chi connectivity index (χ1n) is 9.54. The maximum Gasteiger partial charge on any atom is 0.410 e. The molecule has 1 N–H and O–H groups in total. The van der Waals surface area contributed by atoms with Crippen LogP contribution in [-0.2, 0) is 4.74 Å². The summed E-state index contributed by atoms with van der Waals surface area (Å²) >= 11 is 0. The molecule has 2 rings (SSSR count). The van der Waals surface area contributed by atoms with Gasteiger partial charge in [-0.15, -0.1) is 0 Å². The van der Waals surface area contributed by atoms with E-state index in [1.165, 1.54) is 32.2 Å². The van der Waals surface area contributed by atoms with Gasteiger partial charge >= 0.3 is 6.09 Å². The highest BCUT2D eigenvalue weighted by Crippen LogP contribution is 2.29. The van der Waals surface area contributed by atoms with Crippen molar-refractivity contribution in [1.29, 1.82) is 0 Å². The number of amides is 1. The molecule has 4 heteroatoms. The number of piperidine rings is 1. The van der Waals surface area contributed by atoms with Crippen molar-refractivity contribution >= 4 is 6.09 Å². The quantitative estimate of drug-likeness (QED) is 0.848. The first-order valence-corrected chi connectivity index (χ1v) is 9.54. The van der Waals surface area contributed by atoms with Gasteiger partial charge in [0.1, 0.15) is 5.60 Å². The molecule has 0 aromatic carbocycles. The van der Waals surface area contributed by atoms with Crippen molar-refractivity contribution in [2.75, 3.05) is 26.2 Å². The van der Waals surface area contributed by atoms with Gasteiger partial charge in [0, 0.05) is 13.1 Å². The molecule has 0 spiro atoms. The van der Waals surface area contributed by atoms with Gasteiger partial charge in [0.15, 0.2) is 0 Å². The van der Waals surface area contributed by atoms with Gasteiger partial charge in [0.05, 0.1) is 0 Å². The molecule has 1 heterocycles. The summed E-state index contributed by atoms with van der Waals surface area (Å²) in [7, 11) is 0. The smallest absolute Gasteiger partial charge is 0.410 e. The zero-order valence-electron chi connectivity index (χ0n) is 15.6. The lowest BCUT2D eigenvalue weighted by Gasteiger charge is -2.34. The summed E-state index contributed by atoms with van der Waals surface area (Å²) in [6.07, 6.45) is 7.65. The summed E-state index contributed by atoms with van der Waals surface area (Å²) in [6.45, 7) is 12.1. The van der Waals surface area contributed by atoms with Crippen molar-refractivity contribution in [2.45, 2.75) is 71.8 Å². The molecule has 1 aliphatic heterocycles. The number of ether oxygens (including phenoxy) is 1. The molecule has 2 fully saturated rings. The summed E-state index contributed by atoms with van der Waals surface area (Å²) in [5.41, 5.74) is -0.397. The highest BCUT2D eigenvalue weighted by Gasteiger charge is 2.27. The van der Waals surface area contributed by atoms with Crippen LogP contribution in [0.1, 0.15) is 66.2 Å². The lowest BCUT2D eigenvalue weighted by molar-refractivity contribution is 0.0183. The van der Waals surface area contributed by atoms with Crippen molar-refractivity contribution in [2.24, 2.45) is 17.8 Å². The van der Waals surface area contributed by atoms with Gasteiger partial charge in [0.25, 0.3) is 0 Å². The molecule has 2 aliphatic rings. The zero-order valence-corrected chi connectivity index (χ0v) is 15.6. The molecule has 1 saturated carbocycles. The second-order valence-electron chi connectivity index (χ2n) is 8.59. The summed E-state index contributed by atoms with van der Waals surface area (Å²) < 4.78 is 5.46. The largest absolute Gasteiger partial charge is 0.444 e. The Bertz CT molecular complexity index is 370. The first-order chi connectivity index (χ1) is 10.8. The van der Waals surface area contributed by atoms with Crippen LogP contribution in [0, 0.1) is 17.8 Å². The number of rotatable bonds is 4. The number of likely N-dealkylation sites (tertiary alicyclic amines) is 1. The van der Waals surface area contributed by atoms with Gasteiger partial charge in [-0.2, -0.15) is 0 Å². The van der Waals surface area contributed by atoms with E-state index < -0.39 is 5.60 Å². The molecule has 1 aliphatic carbocycles. The van der Waals surface area contributed by atoms with Crippen LogP contribution in [0.4, 0.5) is 4.79 Å². The summed E-state index contributed by atoms with van der Waals surface area (Å²) in [5.74, 6) is 2.45. The van der Waals surface area contributed by atoms with Crippen LogP contribution in [0.3, 0.4) is 0 Å². The van der Waals surface area contributed by atoms with Crippen LogP contribution in [0.2, 0.25) is 0 Å². The average Bonchev–Trinajstić information content (AvgIpc) is 2.48. The summed E-state index contributed by atoms with van der Waals surface area (Å²) in [5, 5.41) is 3.70. The van der Waals surface area contributed by atoms with Gasteiger partial charge in [-0.3, -0.25) is 0 Å². The van der Waals surface area contributed by atoms with Crippen LogP contribution < -0.4 is 5.32 Å². The van der Waals surface area contributed by atoms with Gasteiger partial charge in [-0.05, 0) is 70.9 Å². The minimum Gasteiger partial charge on any atom is -0.444 e. The first kappa shape index (κ1) is 18.6. The number of carbonyl (C=O) groups excluding carboxylic acids is 1. The Balaban J connectivity index is 1.62. The molecular weight excluding hydrogens is 288 g/mol. The minimum absolute atomic E-state index is 0.153. The van der Waals surface area contributed by atoms with Crippen molar-refractivity contribution in [3.8, 4) is 0 Å². The summed E-state index contributed by atoms with van der Waals surface area (Å²) in [6, 6.07) is 0. The molecule has 1 saturated heterocycles. The number of carbonyl (C=O) groups is 1. The predicted octanol–water partition coefficient (Wildman–Crippen LogP) is 4.05. The highest BCUT2D eigenvalue weighted by atomic mass is 16.6. The van der Waals surface area contributed by atoms with Gasteiger partial charge in [-0.25, -0.2) is 4.79 Å². The fourth-order valence-electron chi connectivity index (χ4n) is 3.82. The molecular formula is C19H36N2O2. The van der Waals surface area contributed by atoms with Crippen LogP contribution in [-0.4, -0.2) is 42.8 Å². The number of nitrogens with zero attached hydrogens (tertiary/aromatic N) is 1. The normalized spacial score (nSPS) is 27.0. The van der Waals surface area contributed by atoms with E-state index in [-0.39, 0.29) is 6.09 Å². The van der Waals surface area contributed by atoms with E-state index in [0.29, 0.717) is 5.92 Å². The Morgan fingerprint density at radius 2 is 1.74 bits per heavy atom. The fraction of sp³-hybridized carbons (Fsp3) is 0.947. The minimum atomic E-state index is -0.397. The number of nitrogens with one attached hydrogen (secondary N) is 1. The number of hydrogen-bond acceptors (Lipinski definition) is 3.